The number of aromatic nitrogens is 1. The van der Waals surface area contributed by atoms with Gasteiger partial charge in [0.2, 0.25) is 0 Å². The number of thiazole rings is 1. The minimum absolute atomic E-state index is 0.618. The molecule has 0 saturated carbocycles. The number of rotatable bonds is 2. The van der Waals surface area contributed by atoms with E-state index in [9.17, 15) is 0 Å². The van der Waals surface area contributed by atoms with Gasteiger partial charge in [0.05, 0.1) is 0 Å². The van der Waals surface area contributed by atoms with Crippen molar-refractivity contribution >= 4 is 23.6 Å². The topological polar surface area (TPSA) is 15.8 Å². The maximum atomic E-state index is 4.96. The molecule has 0 radical (unpaired) electrons. The van der Waals surface area contributed by atoms with Gasteiger partial charge in [-0.3, -0.25) is 0 Å². The quantitative estimate of drug-likeness (QED) is 0.678. The summed E-state index contributed by atoms with van der Waals surface area (Å²) in [7, 11) is 0. The fourth-order valence-electron chi connectivity index (χ4n) is 0.753. The fraction of sp³-hybridized carbons (Fsp3) is 0.571. The maximum Gasteiger partial charge on any atom is 0.158 e. The van der Waals surface area contributed by atoms with Crippen LogP contribution in [0.2, 0.25) is 0 Å². The molecule has 10 heavy (non-hydrogen) atoms. The van der Waals surface area contributed by atoms with Crippen molar-refractivity contribution in [3.63, 3.8) is 0 Å². The summed E-state index contributed by atoms with van der Waals surface area (Å²) in [5.41, 5.74) is 1.28. The highest BCUT2D eigenvalue weighted by Crippen LogP contribution is 2.18. The van der Waals surface area contributed by atoms with Crippen LogP contribution in [0.15, 0.2) is 5.38 Å². The second-order valence-corrected chi connectivity index (χ2v) is 3.96. The Hall–Kier alpha value is -0.150. The molecule has 1 heterocycles. The first-order valence-corrected chi connectivity index (χ1v) is 4.70. The van der Waals surface area contributed by atoms with Crippen LogP contribution in [0.4, 0.5) is 0 Å². The number of H-pyrrole nitrogens is 1. The van der Waals surface area contributed by atoms with Gasteiger partial charge in [-0.25, -0.2) is 0 Å². The van der Waals surface area contributed by atoms with E-state index in [-0.39, 0.29) is 0 Å². The van der Waals surface area contributed by atoms with Crippen molar-refractivity contribution in [2.24, 2.45) is 0 Å². The molecule has 1 atom stereocenters. The van der Waals surface area contributed by atoms with Crippen LogP contribution in [-0.4, -0.2) is 4.98 Å². The lowest BCUT2D eigenvalue weighted by atomic mass is 10.1. The van der Waals surface area contributed by atoms with E-state index in [1.807, 2.05) is 0 Å². The zero-order valence-corrected chi connectivity index (χ0v) is 7.81. The van der Waals surface area contributed by atoms with Crippen molar-refractivity contribution in [2.45, 2.75) is 26.2 Å². The van der Waals surface area contributed by atoms with Gasteiger partial charge in [0.25, 0.3) is 0 Å². The molecule has 1 N–H and O–H groups in total. The second-order valence-electron chi connectivity index (χ2n) is 2.41. The van der Waals surface area contributed by atoms with Crippen LogP contribution in [0, 0.1) is 3.95 Å². The minimum atomic E-state index is 0.618. The summed E-state index contributed by atoms with van der Waals surface area (Å²) in [6.45, 7) is 4.38. The molecule has 56 valence electrons. The van der Waals surface area contributed by atoms with E-state index < -0.39 is 0 Å². The van der Waals surface area contributed by atoms with Crippen LogP contribution in [0.5, 0.6) is 0 Å². The molecular formula is C7H11NS2. The average molecular weight is 173 g/mol. The SMILES string of the molecule is CCC(C)c1csc(=S)[nH]1. The molecule has 0 aliphatic carbocycles. The number of aromatic amines is 1. The third-order valence-electron chi connectivity index (χ3n) is 1.68. The van der Waals surface area contributed by atoms with Gasteiger partial charge in [-0.1, -0.05) is 13.8 Å². The van der Waals surface area contributed by atoms with Gasteiger partial charge >= 0.3 is 0 Å². The summed E-state index contributed by atoms with van der Waals surface area (Å²) in [6.07, 6.45) is 1.17. The largest absolute Gasteiger partial charge is 0.341 e. The first-order valence-electron chi connectivity index (χ1n) is 3.41. The lowest BCUT2D eigenvalue weighted by Crippen LogP contribution is -1.89. The molecule has 1 aromatic heterocycles. The average Bonchev–Trinajstić information content (AvgIpc) is 2.34. The van der Waals surface area contributed by atoms with Crippen molar-refractivity contribution in [1.82, 2.24) is 4.98 Å². The van der Waals surface area contributed by atoms with Crippen molar-refractivity contribution in [3.05, 3.63) is 15.0 Å². The first kappa shape index (κ1) is 7.95. The Kier molecular flexibility index (Phi) is 2.63. The Labute approximate surface area is 70.1 Å². The summed E-state index contributed by atoms with van der Waals surface area (Å²) in [4.78, 5) is 3.16. The Balaban J connectivity index is 2.84. The van der Waals surface area contributed by atoms with E-state index in [4.69, 9.17) is 12.2 Å². The highest BCUT2D eigenvalue weighted by atomic mass is 32.1. The van der Waals surface area contributed by atoms with E-state index in [0.29, 0.717) is 5.92 Å². The van der Waals surface area contributed by atoms with E-state index in [2.05, 4.69) is 24.2 Å². The van der Waals surface area contributed by atoms with Gasteiger partial charge in [-0.15, -0.1) is 11.3 Å². The van der Waals surface area contributed by atoms with Crippen LogP contribution in [0.1, 0.15) is 31.9 Å². The summed E-state index contributed by atoms with van der Waals surface area (Å²) >= 11 is 6.57. The number of nitrogens with one attached hydrogen (secondary N) is 1. The third kappa shape index (κ3) is 1.67. The molecule has 0 fully saturated rings. The molecular weight excluding hydrogens is 162 g/mol. The molecule has 1 unspecified atom stereocenters. The summed E-state index contributed by atoms with van der Waals surface area (Å²) < 4.78 is 0.885. The molecule has 0 amide bonds. The Morgan fingerprint density at radius 1 is 1.80 bits per heavy atom. The normalized spacial score (nSPS) is 13.4. The molecule has 0 aliphatic heterocycles. The third-order valence-corrected chi connectivity index (χ3v) is 2.76. The summed E-state index contributed by atoms with van der Waals surface area (Å²) in [5, 5.41) is 2.11. The van der Waals surface area contributed by atoms with Crippen LogP contribution in [0.25, 0.3) is 0 Å². The Morgan fingerprint density at radius 2 is 2.50 bits per heavy atom. The van der Waals surface area contributed by atoms with Crippen LogP contribution < -0.4 is 0 Å². The molecule has 1 rings (SSSR count). The van der Waals surface area contributed by atoms with Gasteiger partial charge in [-0.2, -0.15) is 0 Å². The van der Waals surface area contributed by atoms with E-state index in [1.165, 1.54) is 12.1 Å². The van der Waals surface area contributed by atoms with Gasteiger partial charge in [-0.05, 0) is 24.6 Å². The van der Waals surface area contributed by atoms with Gasteiger partial charge < -0.3 is 4.98 Å². The molecule has 0 aliphatic rings. The van der Waals surface area contributed by atoms with Crippen LogP contribution in [-0.2, 0) is 0 Å². The summed E-state index contributed by atoms with van der Waals surface area (Å²) in [6, 6.07) is 0. The second kappa shape index (κ2) is 3.30. The van der Waals surface area contributed by atoms with E-state index in [1.54, 1.807) is 11.3 Å². The Bertz CT molecular complexity index is 248. The molecule has 0 aromatic carbocycles. The lowest BCUT2D eigenvalue weighted by molar-refractivity contribution is 0.713. The van der Waals surface area contributed by atoms with Crippen molar-refractivity contribution < 1.29 is 0 Å². The fourth-order valence-corrected chi connectivity index (χ4v) is 1.72. The molecule has 0 bridgehead atoms. The van der Waals surface area contributed by atoms with Crippen molar-refractivity contribution in [3.8, 4) is 0 Å². The first-order chi connectivity index (χ1) is 4.74. The predicted octanol–water partition coefficient (Wildman–Crippen LogP) is 3.32. The standard InChI is InChI=1S/C7H11NS2/c1-3-5(2)6-4-10-7(9)8-6/h4-5H,3H2,1-2H3,(H,8,9). The monoisotopic (exact) mass is 173 g/mol. The zero-order chi connectivity index (χ0) is 7.56. The smallest absolute Gasteiger partial charge is 0.158 e. The molecule has 0 spiro atoms. The number of hydrogen-bond donors (Lipinski definition) is 1. The predicted molar refractivity (Wildman–Crippen MR) is 48.2 cm³/mol. The van der Waals surface area contributed by atoms with E-state index >= 15 is 0 Å². The molecule has 3 heteroatoms. The summed E-state index contributed by atoms with van der Waals surface area (Å²) in [5.74, 6) is 0.618. The number of hydrogen-bond acceptors (Lipinski definition) is 2. The van der Waals surface area contributed by atoms with Crippen LogP contribution in [0.3, 0.4) is 0 Å². The highest BCUT2D eigenvalue weighted by Gasteiger charge is 2.02. The lowest BCUT2D eigenvalue weighted by Gasteiger charge is -2.02. The molecule has 1 nitrogen and oxygen atoms in total. The minimum Gasteiger partial charge on any atom is -0.341 e. The van der Waals surface area contributed by atoms with Crippen molar-refractivity contribution in [1.29, 1.82) is 0 Å². The van der Waals surface area contributed by atoms with E-state index in [0.717, 1.165) is 3.95 Å². The highest BCUT2D eigenvalue weighted by molar-refractivity contribution is 7.73. The maximum absolute atomic E-state index is 4.96. The van der Waals surface area contributed by atoms with Gasteiger partial charge in [0.1, 0.15) is 0 Å². The van der Waals surface area contributed by atoms with Crippen LogP contribution >= 0.6 is 23.6 Å². The molecule has 0 saturated heterocycles. The zero-order valence-electron chi connectivity index (χ0n) is 6.18. The van der Waals surface area contributed by atoms with Gasteiger partial charge in [0.15, 0.2) is 3.95 Å². The Morgan fingerprint density at radius 3 is 2.90 bits per heavy atom. The molecule has 1 aromatic rings. The van der Waals surface area contributed by atoms with Gasteiger partial charge in [0, 0.05) is 11.1 Å². The van der Waals surface area contributed by atoms with Crippen molar-refractivity contribution in [2.75, 3.05) is 0 Å².